The van der Waals surface area contributed by atoms with Gasteiger partial charge in [-0.25, -0.2) is 9.78 Å². The summed E-state index contributed by atoms with van der Waals surface area (Å²) in [7, 11) is 1.93. The number of likely N-dealkylation sites (tertiary alicyclic amines) is 1. The molecule has 0 radical (unpaired) electrons. The third-order valence-electron chi connectivity index (χ3n) is 5.74. The molecule has 1 aliphatic rings. The minimum Gasteiger partial charge on any atom is -0.450 e. The van der Waals surface area contributed by atoms with E-state index < -0.39 is 0 Å². The fraction of sp³-hybridized carbons (Fsp3) is 0.409. The van der Waals surface area contributed by atoms with Crippen molar-refractivity contribution < 1.29 is 14.3 Å². The Balaban J connectivity index is 1.58. The number of carbonyl (C=O) groups is 2. The lowest BCUT2D eigenvalue weighted by molar-refractivity contribution is 0.0509. The van der Waals surface area contributed by atoms with Crippen molar-refractivity contribution in [2.75, 3.05) is 19.7 Å². The van der Waals surface area contributed by atoms with E-state index >= 15 is 0 Å². The molecule has 0 aliphatic carbocycles. The third-order valence-corrected chi connectivity index (χ3v) is 5.74. The Morgan fingerprint density at radius 3 is 2.73 bits per heavy atom. The van der Waals surface area contributed by atoms with Crippen LogP contribution in [0.3, 0.4) is 0 Å². The van der Waals surface area contributed by atoms with Crippen molar-refractivity contribution in [3.8, 4) is 0 Å². The Bertz CT molecular complexity index is 1030. The summed E-state index contributed by atoms with van der Waals surface area (Å²) < 4.78 is 7.06. The van der Waals surface area contributed by atoms with Crippen molar-refractivity contribution in [1.29, 1.82) is 0 Å². The molecular formula is C22H27N5O3. The molecule has 1 fully saturated rings. The van der Waals surface area contributed by atoms with E-state index in [9.17, 15) is 9.59 Å². The molecule has 8 heteroatoms. The van der Waals surface area contributed by atoms with Crippen LogP contribution >= 0.6 is 0 Å². The smallest absolute Gasteiger partial charge is 0.409 e. The Morgan fingerprint density at radius 2 is 2.03 bits per heavy atom. The van der Waals surface area contributed by atoms with Gasteiger partial charge < -0.3 is 24.1 Å². The number of fused-ring (bicyclic) bond motifs is 1. The predicted molar refractivity (Wildman–Crippen MR) is 113 cm³/mol. The fourth-order valence-electron chi connectivity index (χ4n) is 4.05. The molecule has 1 aromatic carbocycles. The molecule has 0 saturated carbocycles. The number of piperidine rings is 1. The SMILES string of the molecule is CCOC(=O)N1CCC(N(Cc2nccn2C)C(=O)c2c[nH]c3ccccc23)CC1. The van der Waals surface area contributed by atoms with E-state index in [2.05, 4.69) is 9.97 Å². The Hall–Kier alpha value is -3.29. The van der Waals surface area contributed by atoms with Crippen molar-refractivity contribution in [3.05, 3.63) is 54.2 Å². The van der Waals surface area contributed by atoms with Crippen molar-refractivity contribution in [2.45, 2.75) is 32.4 Å². The summed E-state index contributed by atoms with van der Waals surface area (Å²) in [6, 6.07) is 7.83. The number of ether oxygens (including phenoxy) is 1. The van der Waals surface area contributed by atoms with E-state index in [1.807, 2.05) is 47.0 Å². The molecule has 0 bridgehead atoms. The number of aryl methyl sites for hydroxylation is 1. The highest BCUT2D eigenvalue weighted by Gasteiger charge is 2.32. The predicted octanol–water partition coefficient (Wildman–Crippen LogP) is 3.16. The number of amides is 2. The summed E-state index contributed by atoms with van der Waals surface area (Å²) in [5.41, 5.74) is 1.60. The normalized spacial score (nSPS) is 14.8. The Morgan fingerprint density at radius 1 is 1.27 bits per heavy atom. The van der Waals surface area contributed by atoms with E-state index in [1.165, 1.54) is 0 Å². The number of carbonyl (C=O) groups excluding carboxylic acids is 2. The maximum atomic E-state index is 13.6. The summed E-state index contributed by atoms with van der Waals surface area (Å²) >= 11 is 0. The lowest BCUT2D eigenvalue weighted by atomic mass is 10.0. The molecule has 3 heterocycles. The molecule has 158 valence electrons. The van der Waals surface area contributed by atoms with Gasteiger partial charge in [-0.05, 0) is 25.8 Å². The average Bonchev–Trinajstić information content (AvgIpc) is 3.38. The van der Waals surface area contributed by atoms with E-state index in [1.54, 1.807) is 24.2 Å². The van der Waals surface area contributed by atoms with Crippen LogP contribution < -0.4 is 0 Å². The standard InChI is InChI=1S/C22H27N5O3/c1-3-30-22(29)26-11-8-16(9-12-26)27(15-20-23-10-13-25(20)2)21(28)18-14-24-19-7-5-4-6-17(18)19/h4-7,10,13-14,16,24H,3,8-9,11-12,15H2,1-2H3. The summed E-state index contributed by atoms with van der Waals surface area (Å²) in [6.07, 6.45) is 6.54. The molecule has 2 aromatic heterocycles. The Labute approximate surface area is 175 Å². The minimum atomic E-state index is -0.283. The van der Waals surface area contributed by atoms with Gasteiger partial charge in [-0.2, -0.15) is 0 Å². The highest BCUT2D eigenvalue weighted by molar-refractivity contribution is 6.06. The highest BCUT2D eigenvalue weighted by atomic mass is 16.6. The average molecular weight is 409 g/mol. The van der Waals surface area contributed by atoms with Crippen LogP contribution in [-0.4, -0.2) is 62.1 Å². The van der Waals surface area contributed by atoms with Gasteiger partial charge in [0.1, 0.15) is 5.82 Å². The zero-order chi connectivity index (χ0) is 21.1. The third kappa shape index (κ3) is 3.90. The lowest BCUT2D eigenvalue weighted by Gasteiger charge is -2.38. The van der Waals surface area contributed by atoms with Crippen molar-refractivity contribution in [1.82, 2.24) is 24.3 Å². The summed E-state index contributed by atoms with van der Waals surface area (Å²) in [4.78, 5) is 36.9. The van der Waals surface area contributed by atoms with Crippen molar-refractivity contribution in [2.24, 2.45) is 7.05 Å². The number of hydrogen-bond acceptors (Lipinski definition) is 4. The van der Waals surface area contributed by atoms with Crippen molar-refractivity contribution in [3.63, 3.8) is 0 Å². The van der Waals surface area contributed by atoms with Gasteiger partial charge in [0.25, 0.3) is 5.91 Å². The molecule has 1 aliphatic heterocycles. The number of nitrogens with zero attached hydrogens (tertiary/aromatic N) is 4. The van der Waals surface area contributed by atoms with Gasteiger partial charge in [0.2, 0.25) is 0 Å². The molecule has 3 aromatic rings. The molecule has 0 unspecified atom stereocenters. The molecule has 1 saturated heterocycles. The minimum absolute atomic E-state index is 0.0218. The number of imidazole rings is 1. The number of para-hydroxylation sites is 1. The second-order valence-corrected chi connectivity index (χ2v) is 7.55. The quantitative estimate of drug-likeness (QED) is 0.702. The van der Waals surface area contributed by atoms with Crippen LogP contribution in [0.2, 0.25) is 0 Å². The van der Waals surface area contributed by atoms with Gasteiger partial charge in [-0.15, -0.1) is 0 Å². The van der Waals surface area contributed by atoms with Gasteiger partial charge >= 0.3 is 6.09 Å². The monoisotopic (exact) mass is 409 g/mol. The number of rotatable bonds is 5. The molecule has 4 rings (SSSR count). The van der Waals surface area contributed by atoms with Crippen LogP contribution in [0.4, 0.5) is 4.79 Å². The number of hydrogen-bond donors (Lipinski definition) is 1. The molecule has 0 spiro atoms. The largest absolute Gasteiger partial charge is 0.450 e. The lowest BCUT2D eigenvalue weighted by Crippen LogP contribution is -2.48. The number of benzene rings is 1. The summed E-state index contributed by atoms with van der Waals surface area (Å²) in [5.74, 6) is 0.807. The van der Waals surface area contributed by atoms with Crippen LogP contribution in [0.25, 0.3) is 10.9 Å². The maximum Gasteiger partial charge on any atom is 0.409 e. The zero-order valence-electron chi connectivity index (χ0n) is 17.4. The zero-order valence-corrected chi connectivity index (χ0v) is 17.4. The number of aromatic amines is 1. The van der Waals surface area contributed by atoms with Crippen LogP contribution in [0.1, 0.15) is 35.9 Å². The second kappa shape index (κ2) is 8.61. The van der Waals surface area contributed by atoms with Crippen molar-refractivity contribution >= 4 is 22.9 Å². The van der Waals surface area contributed by atoms with E-state index in [0.29, 0.717) is 44.6 Å². The molecule has 2 amide bonds. The van der Waals surface area contributed by atoms with Gasteiger partial charge in [-0.1, -0.05) is 18.2 Å². The molecule has 1 N–H and O–H groups in total. The van der Waals surface area contributed by atoms with Gasteiger partial charge in [0, 0.05) is 55.7 Å². The van der Waals surface area contributed by atoms with Crippen LogP contribution in [0.5, 0.6) is 0 Å². The first-order valence-electron chi connectivity index (χ1n) is 10.3. The van der Waals surface area contributed by atoms with Gasteiger partial charge in [0.05, 0.1) is 18.7 Å². The summed E-state index contributed by atoms with van der Waals surface area (Å²) in [6.45, 7) is 3.73. The first kappa shape index (κ1) is 20.0. The summed E-state index contributed by atoms with van der Waals surface area (Å²) in [5, 5.41) is 0.913. The van der Waals surface area contributed by atoms with E-state index in [4.69, 9.17) is 4.74 Å². The first-order chi connectivity index (χ1) is 14.6. The van der Waals surface area contributed by atoms with E-state index in [0.717, 1.165) is 16.7 Å². The molecule has 0 atom stereocenters. The van der Waals surface area contributed by atoms with Gasteiger partial charge in [0.15, 0.2) is 0 Å². The molecule has 8 nitrogen and oxygen atoms in total. The maximum absolute atomic E-state index is 13.6. The van der Waals surface area contributed by atoms with E-state index in [-0.39, 0.29) is 18.0 Å². The van der Waals surface area contributed by atoms with Crippen LogP contribution in [0, 0.1) is 0 Å². The number of aromatic nitrogens is 3. The number of nitrogens with one attached hydrogen (secondary N) is 1. The Kier molecular flexibility index (Phi) is 5.74. The molecular weight excluding hydrogens is 382 g/mol. The second-order valence-electron chi connectivity index (χ2n) is 7.55. The first-order valence-corrected chi connectivity index (χ1v) is 10.3. The number of H-pyrrole nitrogens is 1. The van der Waals surface area contributed by atoms with Crippen LogP contribution in [0.15, 0.2) is 42.9 Å². The topological polar surface area (TPSA) is 83.5 Å². The van der Waals surface area contributed by atoms with Crippen LogP contribution in [-0.2, 0) is 18.3 Å². The highest BCUT2D eigenvalue weighted by Crippen LogP contribution is 2.25. The fourth-order valence-corrected chi connectivity index (χ4v) is 4.05. The van der Waals surface area contributed by atoms with Gasteiger partial charge in [-0.3, -0.25) is 4.79 Å². The molecule has 30 heavy (non-hydrogen) atoms.